The molecule has 1 unspecified atom stereocenters. The predicted octanol–water partition coefficient (Wildman–Crippen LogP) is 1.65. The lowest BCUT2D eigenvalue weighted by Crippen LogP contribution is -2.26. The zero-order chi connectivity index (χ0) is 8.55. The maximum Gasteiger partial charge on any atom is 0.127 e. The summed E-state index contributed by atoms with van der Waals surface area (Å²) in [6.07, 6.45) is 4.22. The minimum atomic E-state index is 0.597. The topological polar surface area (TPSA) is 29.9 Å². The molecule has 1 atom stereocenters. The van der Waals surface area contributed by atoms with Gasteiger partial charge in [-0.2, -0.15) is 5.10 Å². The summed E-state index contributed by atoms with van der Waals surface area (Å²) in [5, 5.41) is 7.78. The molecule has 3 nitrogen and oxygen atoms in total. The molecule has 1 aromatic heterocycles. The highest BCUT2D eigenvalue weighted by Gasteiger charge is 2.16. The van der Waals surface area contributed by atoms with E-state index in [-0.39, 0.29) is 0 Å². The highest BCUT2D eigenvalue weighted by molar-refractivity contribution is 5.45. The third-order valence-electron chi connectivity index (χ3n) is 2.45. The monoisotopic (exact) mass is 165 g/mol. The maximum atomic E-state index is 4.32. The van der Waals surface area contributed by atoms with Crippen LogP contribution in [-0.2, 0) is 13.0 Å². The molecule has 0 fully saturated rings. The van der Waals surface area contributed by atoms with Gasteiger partial charge in [-0.15, -0.1) is 0 Å². The number of aryl methyl sites for hydroxylation is 2. The van der Waals surface area contributed by atoms with Crippen LogP contribution in [0.4, 0.5) is 5.82 Å². The van der Waals surface area contributed by atoms with Crippen molar-refractivity contribution < 1.29 is 0 Å². The van der Waals surface area contributed by atoms with Crippen LogP contribution in [0.25, 0.3) is 0 Å². The number of hydrogen-bond donors (Lipinski definition) is 1. The number of nitrogens with one attached hydrogen (secondary N) is 1. The van der Waals surface area contributed by atoms with Crippen molar-refractivity contribution in [1.82, 2.24) is 9.78 Å². The standard InChI is InChI=1S/C9H15N3/c1-3-8-6-10-12-5-4-7(2)11-9(8)12/h6-7,11H,3-5H2,1-2H3. The Bertz CT molecular complexity index is 264. The molecule has 3 heteroatoms. The molecule has 12 heavy (non-hydrogen) atoms. The summed E-state index contributed by atoms with van der Waals surface area (Å²) in [6, 6.07) is 0.597. The molecule has 0 aromatic carbocycles. The fourth-order valence-corrected chi connectivity index (χ4v) is 1.64. The van der Waals surface area contributed by atoms with Crippen LogP contribution in [0.1, 0.15) is 25.8 Å². The first-order chi connectivity index (χ1) is 5.81. The fraction of sp³-hybridized carbons (Fsp3) is 0.667. The number of nitrogens with zero attached hydrogens (tertiary/aromatic N) is 2. The van der Waals surface area contributed by atoms with Crippen LogP contribution in [0.15, 0.2) is 6.20 Å². The molecule has 0 amide bonds. The number of anilines is 1. The van der Waals surface area contributed by atoms with Crippen molar-refractivity contribution in [3.05, 3.63) is 11.8 Å². The third-order valence-corrected chi connectivity index (χ3v) is 2.45. The molecule has 0 spiro atoms. The molecule has 0 radical (unpaired) electrons. The summed E-state index contributed by atoms with van der Waals surface area (Å²) in [5.74, 6) is 1.23. The SMILES string of the molecule is CCc1cnn2c1NC(C)CC2. The molecule has 0 saturated heterocycles. The molecule has 1 aliphatic rings. The van der Waals surface area contributed by atoms with Crippen molar-refractivity contribution in [2.24, 2.45) is 0 Å². The van der Waals surface area contributed by atoms with Crippen LogP contribution in [0.5, 0.6) is 0 Å². The Kier molecular flexibility index (Phi) is 1.79. The van der Waals surface area contributed by atoms with Gasteiger partial charge in [0, 0.05) is 18.2 Å². The number of rotatable bonds is 1. The lowest BCUT2D eigenvalue weighted by Gasteiger charge is -2.23. The molecule has 1 N–H and O–H groups in total. The van der Waals surface area contributed by atoms with Gasteiger partial charge in [-0.05, 0) is 19.8 Å². The maximum absolute atomic E-state index is 4.32. The van der Waals surface area contributed by atoms with E-state index in [1.165, 1.54) is 17.8 Å². The average Bonchev–Trinajstić information content (AvgIpc) is 2.46. The molecule has 1 aromatic rings. The molecular formula is C9H15N3. The Morgan fingerprint density at radius 2 is 2.58 bits per heavy atom. The first-order valence-corrected chi connectivity index (χ1v) is 4.62. The van der Waals surface area contributed by atoms with Gasteiger partial charge in [0.25, 0.3) is 0 Å². The van der Waals surface area contributed by atoms with Crippen molar-refractivity contribution in [3.63, 3.8) is 0 Å². The van der Waals surface area contributed by atoms with Crippen LogP contribution < -0.4 is 5.32 Å². The first-order valence-electron chi connectivity index (χ1n) is 4.62. The van der Waals surface area contributed by atoms with Crippen molar-refractivity contribution in [3.8, 4) is 0 Å². The second-order valence-electron chi connectivity index (χ2n) is 3.43. The Labute approximate surface area is 72.8 Å². The van der Waals surface area contributed by atoms with Gasteiger partial charge in [-0.1, -0.05) is 6.92 Å². The Morgan fingerprint density at radius 3 is 3.33 bits per heavy atom. The lowest BCUT2D eigenvalue weighted by atomic mass is 10.1. The van der Waals surface area contributed by atoms with E-state index in [4.69, 9.17) is 0 Å². The van der Waals surface area contributed by atoms with E-state index in [1.54, 1.807) is 0 Å². The molecule has 2 heterocycles. The quantitative estimate of drug-likeness (QED) is 0.685. The van der Waals surface area contributed by atoms with Gasteiger partial charge in [0.1, 0.15) is 5.82 Å². The zero-order valence-electron chi connectivity index (χ0n) is 7.67. The highest BCUT2D eigenvalue weighted by Crippen LogP contribution is 2.21. The molecule has 0 bridgehead atoms. The highest BCUT2D eigenvalue weighted by atomic mass is 15.3. The van der Waals surface area contributed by atoms with Crippen molar-refractivity contribution in [2.75, 3.05) is 5.32 Å². The van der Waals surface area contributed by atoms with Gasteiger partial charge >= 0.3 is 0 Å². The van der Waals surface area contributed by atoms with Gasteiger partial charge in [0.05, 0.1) is 6.20 Å². The molecule has 0 saturated carbocycles. The zero-order valence-corrected chi connectivity index (χ0v) is 7.67. The second-order valence-corrected chi connectivity index (χ2v) is 3.43. The molecule has 2 rings (SSSR count). The molecular weight excluding hydrogens is 150 g/mol. The summed E-state index contributed by atoms with van der Waals surface area (Å²) < 4.78 is 2.07. The second kappa shape index (κ2) is 2.81. The predicted molar refractivity (Wildman–Crippen MR) is 49.3 cm³/mol. The molecule has 66 valence electrons. The first kappa shape index (κ1) is 7.65. The van der Waals surface area contributed by atoms with Crippen LogP contribution in [0.3, 0.4) is 0 Å². The largest absolute Gasteiger partial charge is 0.368 e. The van der Waals surface area contributed by atoms with Gasteiger partial charge in [-0.3, -0.25) is 0 Å². The summed E-state index contributed by atoms with van der Waals surface area (Å²) in [6.45, 7) is 5.44. The number of fused-ring (bicyclic) bond motifs is 1. The number of aromatic nitrogens is 2. The van der Waals surface area contributed by atoms with Gasteiger partial charge < -0.3 is 5.32 Å². The minimum absolute atomic E-state index is 0.597. The summed E-state index contributed by atoms with van der Waals surface area (Å²) >= 11 is 0. The van der Waals surface area contributed by atoms with Crippen LogP contribution in [-0.4, -0.2) is 15.8 Å². The van der Waals surface area contributed by atoms with Crippen molar-refractivity contribution in [2.45, 2.75) is 39.3 Å². The van der Waals surface area contributed by atoms with Crippen LogP contribution in [0.2, 0.25) is 0 Å². The summed E-state index contributed by atoms with van der Waals surface area (Å²) in [7, 11) is 0. The van der Waals surface area contributed by atoms with Crippen molar-refractivity contribution in [1.29, 1.82) is 0 Å². The van der Waals surface area contributed by atoms with E-state index >= 15 is 0 Å². The van der Waals surface area contributed by atoms with Gasteiger partial charge in [0.2, 0.25) is 0 Å². The summed E-state index contributed by atoms with van der Waals surface area (Å²) in [4.78, 5) is 0. The van der Waals surface area contributed by atoms with E-state index in [2.05, 4.69) is 28.9 Å². The molecule has 0 aliphatic carbocycles. The van der Waals surface area contributed by atoms with E-state index in [0.29, 0.717) is 6.04 Å². The molecule has 1 aliphatic heterocycles. The van der Waals surface area contributed by atoms with E-state index in [9.17, 15) is 0 Å². The van der Waals surface area contributed by atoms with Crippen LogP contribution in [0, 0.1) is 0 Å². The van der Waals surface area contributed by atoms with E-state index in [1.807, 2.05) is 6.20 Å². The van der Waals surface area contributed by atoms with Crippen molar-refractivity contribution >= 4 is 5.82 Å². The summed E-state index contributed by atoms with van der Waals surface area (Å²) in [5.41, 5.74) is 1.33. The van der Waals surface area contributed by atoms with E-state index < -0.39 is 0 Å². The van der Waals surface area contributed by atoms with E-state index in [0.717, 1.165) is 13.0 Å². The fourth-order valence-electron chi connectivity index (χ4n) is 1.64. The third kappa shape index (κ3) is 1.09. The van der Waals surface area contributed by atoms with Crippen LogP contribution >= 0.6 is 0 Å². The average molecular weight is 165 g/mol. The normalized spacial score (nSPS) is 21.7. The van der Waals surface area contributed by atoms with Gasteiger partial charge in [0.15, 0.2) is 0 Å². The smallest absolute Gasteiger partial charge is 0.127 e. The number of hydrogen-bond acceptors (Lipinski definition) is 2. The minimum Gasteiger partial charge on any atom is -0.368 e. The Hall–Kier alpha value is -0.990. The van der Waals surface area contributed by atoms with Gasteiger partial charge in [-0.25, -0.2) is 4.68 Å². The Balaban J connectivity index is 2.34. The lowest BCUT2D eigenvalue weighted by molar-refractivity contribution is 0.511. The Morgan fingerprint density at radius 1 is 1.75 bits per heavy atom.